The first-order valence-electron chi connectivity index (χ1n) is 8.60. The van der Waals surface area contributed by atoms with Gasteiger partial charge in [-0.2, -0.15) is 0 Å². The van der Waals surface area contributed by atoms with E-state index in [0.29, 0.717) is 10.8 Å². The van der Waals surface area contributed by atoms with Crippen LogP contribution in [0, 0.1) is 28.6 Å². The molecule has 0 heterocycles. The Balaban J connectivity index is 1.68. The fourth-order valence-electron chi connectivity index (χ4n) is 6.19. The van der Waals surface area contributed by atoms with E-state index in [1.807, 2.05) is 0 Å². The molecule has 0 spiro atoms. The predicted octanol–water partition coefficient (Wildman–Crippen LogP) is 4.48. The van der Waals surface area contributed by atoms with Gasteiger partial charge in [0.1, 0.15) is 0 Å². The zero-order valence-electron chi connectivity index (χ0n) is 12.9. The highest BCUT2D eigenvalue weighted by Crippen LogP contribution is 2.63. The van der Waals surface area contributed by atoms with Gasteiger partial charge in [-0.05, 0) is 73.5 Å². The lowest BCUT2D eigenvalue weighted by molar-refractivity contribution is -0.0309. The van der Waals surface area contributed by atoms with E-state index in [2.05, 4.69) is 32.1 Å². The Hall–Kier alpha value is -0.560. The number of aliphatic hydroxyl groups excluding tert-OH is 1. The minimum Gasteiger partial charge on any atom is -0.389 e. The molecule has 1 heteroatoms. The number of hydrogen-bond acceptors (Lipinski definition) is 1. The molecule has 2 saturated carbocycles. The largest absolute Gasteiger partial charge is 0.389 e. The summed E-state index contributed by atoms with van der Waals surface area (Å²) in [6.07, 6.45) is 15.9. The summed E-state index contributed by atoms with van der Waals surface area (Å²) in [5.74, 6) is 2.68. The van der Waals surface area contributed by atoms with Crippen molar-refractivity contribution in [2.75, 3.05) is 0 Å². The molecule has 1 N–H and O–H groups in total. The Kier molecular flexibility index (Phi) is 2.77. The molecule has 0 aliphatic heterocycles. The maximum atomic E-state index is 9.96. The molecule has 110 valence electrons. The minimum absolute atomic E-state index is 0.170. The van der Waals surface area contributed by atoms with Crippen LogP contribution in [0.5, 0.6) is 0 Å². The van der Waals surface area contributed by atoms with E-state index in [0.717, 1.165) is 24.2 Å². The Morgan fingerprint density at radius 2 is 1.95 bits per heavy atom. The second-order valence-corrected chi connectivity index (χ2v) is 8.31. The SMILES string of the molecule is C[C@]12C=CC[C@H]1[C@H]1CCC3=C[C@@H](O)CC[C@@]3(C)[C@H]1CC2. The van der Waals surface area contributed by atoms with Crippen molar-refractivity contribution in [1.29, 1.82) is 0 Å². The van der Waals surface area contributed by atoms with E-state index >= 15 is 0 Å². The third-order valence-corrected chi connectivity index (χ3v) is 7.42. The van der Waals surface area contributed by atoms with Gasteiger partial charge in [0.15, 0.2) is 0 Å². The van der Waals surface area contributed by atoms with Gasteiger partial charge in [-0.3, -0.25) is 0 Å². The Morgan fingerprint density at radius 3 is 2.80 bits per heavy atom. The van der Waals surface area contributed by atoms with Gasteiger partial charge in [0.2, 0.25) is 0 Å². The summed E-state index contributed by atoms with van der Waals surface area (Å²) in [5, 5.41) is 9.96. The van der Waals surface area contributed by atoms with Gasteiger partial charge in [0.25, 0.3) is 0 Å². The smallest absolute Gasteiger partial charge is 0.0724 e. The van der Waals surface area contributed by atoms with Gasteiger partial charge >= 0.3 is 0 Å². The summed E-state index contributed by atoms with van der Waals surface area (Å²) in [6, 6.07) is 0. The second kappa shape index (κ2) is 4.22. The van der Waals surface area contributed by atoms with E-state index in [1.54, 1.807) is 5.57 Å². The van der Waals surface area contributed by atoms with E-state index in [-0.39, 0.29) is 6.10 Å². The fraction of sp³-hybridized carbons (Fsp3) is 0.789. The van der Waals surface area contributed by atoms with E-state index in [1.165, 1.54) is 38.5 Å². The summed E-state index contributed by atoms with van der Waals surface area (Å²) >= 11 is 0. The molecule has 0 unspecified atom stereocenters. The average molecular weight is 272 g/mol. The zero-order valence-corrected chi connectivity index (χ0v) is 12.9. The molecule has 4 aliphatic rings. The quantitative estimate of drug-likeness (QED) is 0.645. The maximum absolute atomic E-state index is 9.96. The molecular weight excluding hydrogens is 244 g/mol. The van der Waals surface area contributed by atoms with Gasteiger partial charge < -0.3 is 5.11 Å². The lowest BCUT2D eigenvalue weighted by Gasteiger charge is -2.57. The molecule has 6 atom stereocenters. The fourth-order valence-corrected chi connectivity index (χ4v) is 6.19. The molecule has 0 aromatic rings. The second-order valence-electron chi connectivity index (χ2n) is 8.31. The van der Waals surface area contributed by atoms with Gasteiger partial charge in [-0.25, -0.2) is 0 Å². The first-order chi connectivity index (χ1) is 9.53. The summed E-state index contributed by atoms with van der Waals surface area (Å²) < 4.78 is 0. The van der Waals surface area contributed by atoms with Crippen molar-refractivity contribution in [3.05, 3.63) is 23.8 Å². The van der Waals surface area contributed by atoms with Crippen LogP contribution in [-0.4, -0.2) is 11.2 Å². The van der Waals surface area contributed by atoms with E-state index in [9.17, 15) is 5.11 Å². The first-order valence-corrected chi connectivity index (χ1v) is 8.60. The van der Waals surface area contributed by atoms with Crippen LogP contribution in [-0.2, 0) is 0 Å². The summed E-state index contributed by atoms with van der Waals surface area (Å²) in [5.41, 5.74) is 2.48. The van der Waals surface area contributed by atoms with Crippen LogP contribution in [0.25, 0.3) is 0 Å². The Bertz CT molecular complexity index is 476. The van der Waals surface area contributed by atoms with Crippen LogP contribution in [0.4, 0.5) is 0 Å². The molecule has 0 radical (unpaired) electrons. The first kappa shape index (κ1) is 13.1. The van der Waals surface area contributed by atoms with Crippen molar-refractivity contribution in [2.45, 2.75) is 64.9 Å². The third kappa shape index (κ3) is 1.65. The molecule has 0 saturated heterocycles. The third-order valence-electron chi connectivity index (χ3n) is 7.42. The predicted molar refractivity (Wildman–Crippen MR) is 82.2 cm³/mol. The molecule has 0 bridgehead atoms. The molecule has 4 aliphatic carbocycles. The monoisotopic (exact) mass is 272 g/mol. The molecule has 2 fully saturated rings. The van der Waals surface area contributed by atoms with Crippen molar-refractivity contribution < 1.29 is 5.11 Å². The number of fused-ring (bicyclic) bond motifs is 5. The summed E-state index contributed by atoms with van der Waals surface area (Å²) in [4.78, 5) is 0. The number of rotatable bonds is 0. The van der Waals surface area contributed by atoms with Crippen LogP contribution < -0.4 is 0 Å². The Morgan fingerprint density at radius 1 is 1.10 bits per heavy atom. The van der Waals surface area contributed by atoms with E-state index < -0.39 is 0 Å². The summed E-state index contributed by atoms with van der Waals surface area (Å²) in [6.45, 7) is 5.00. The zero-order chi connectivity index (χ0) is 14.0. The molecule has 0 amide bonds. The van der Waals surface area contributed by atoms with Crippen molar-refractivity contribution in [3.63, 3.8) is 0 Å². The molecule has 20 heavy (non-hydrogen) atoms. The highest BCUT2D eigenvalue weighted by molar-refractivity contribution is 5.26. The molecule has 4 rings (SSSR count). The number of allylic oxidation sites excluding steroid dienone is 3. The highest BCUT2D eigenvalue weighted by Gasteiger charge is 2.54. The van der Waals surface area contributed by atoms with Crippen LogP contribution >= 0.6 is 0 Å². The molecular formula is C19H28O. The normalized spacial score (nSPS) is 53.9. The van der Waals surface area contributed by atoms with Gasteiger partial charge in [0.05, 0.1) is 6.10 Å². The van der Waals surface area contributed by atoms with E-state index in [4.69, 9.17) is 0 Å². The maximum Gasteiger partial charge on any atom is 0.0724 e. The van der Waals surface area contributed by atoms with Gasteiger partial charge in [-0.15, -0.1) is 0 Å². The lowest BCUT2D eigenvalue weighted by atomic mass is 9.47. The van der Waals surface area contributed by atoms with Gasteiger partial charge in [0, 0.05) is 0 Å². The standard InChI is InChI=1S/C19H28O/c1-18-9-3-4-16(18)15-6-5-13-12-14(20)7-11-19(13,2)17(15)8-10-18/h3,9,12,14-17,20H,4-8,10-11H2,1-2H3/t14-,15+,16-,17-,18+,19+/m0/s1. The molecule has 1 nitrogen and oxygen atoms in total. The van der Waals surface area contributed by atoms with Crippen LogP contribution in [0.2, 0.25) is 0 Å². The average Bonchev–Trinajstić information content (AvgIpc) is 2.81. The number of hydrogen-bond donors (Lipinski definition) is 1. The molecule has 0 aromatic heterocycles. The lowest BCUT2D eigenvalue weighted by Crippen LogP contribution is -2.49. The number of aliphatic hydroxyl groups is 1. The van der Waals surface area contributed by atoms with Crippen molar-refractivity contribution in [1.82, 2.24) is 0 Å². The van der Waals surface area contributed by atoms with Crippen LogP contribution in [0.1, 0.15) is 58.8 Å². The van der Waals surface area contributed by atoms with Crippen molar-refractivity contribution in [2.24, 2.45) is 28.6 Å². The van der Waals surface area contributed by atoms with Crippen molar-refractivity contribution >= 4 is 0 Å². The summed E-state index contributed by atoms with van der Waals surface area (Å²) in [7, 11) is 0. The highest BCUT2D eigenvalue weighted by atomic mass is 16.3. The van der Waals surface area contributed by atoms with Crippen LogP contribution in [0.3, 0.4) is 0 Å². The van der Waals surface area contributed by atoms with Gasteiger partial charge in [-0.1, -0.05) is 37.6 Å². The Labute approximate surface area is 123 Å². The minimum atomic E-state index is -0.170. The van der Waals surface area contributed by atoms with Crippen molar-refractivity contribution in [3.8, 4) is 0 Å². The molecule has 0 aromatic carbocycles. The van der Waals surface area contributed by atoms with Crippen LogP contribution in [0.15, 0.2) is 23.8 Å². The topological polar surface area (TPSA) is 20.2 Å².